The second-order valence-corrected chi connectivity index (χ2v) is 11.2. The summed E-state index contributed by atoms with van der Waals surface area (Å²) in [5.74, 6) is -2.96. The summed E-state index contributed by atoms with van der Waals surface area (Å²) in [4.78, 5) is 43.4. The van der Waals surface area contributed by atoms with E-state index in [0.29, 0.717) is 31.5 Å². The maximum absolute atomic E-state index is 13.8. The van der Waals surface area contributed by atoms with E-state index in [4.69, 9.17) is 10.5 Å². The molecule has 3 amide bonds. The smallest absolute Gasteiger partial charge is 0.247 e. The Morgan fingerprint density at radius 3 is 2.56 bits per heavy atom. The molecule has 2 aliphatic heterocycles. The number of hydrogen-bond acceptors (Lipinski definition) is 5. The second kappa shape index (κ2) is 11.4. The van der Waals surface area contributed by atoms with Crippen LogP contribution in [0.3, 0.4) is 0 Å². The number of likely N-dealkylation sites (N-methyl/N-ethyl adjacent to an activating group) is 1. The Kier molecular flexibility index (Phi) is 8.37. The van der Waals surface area contributed by atoms with Gasteiger partial charge in [0, 0.05) is 32.6 Å². The zero-order valence-electron chi connectivity index (χ0n) is 22.6. The number of carbonyl (C=O) groups excluding carboxylic acids is 3. The number of likely N-dealkylation sites (tertiary alicyclic amines) is 2. The van der Waals surface area contributed by atoms with Crippen LogP contribution in [-0.4, -0.2) is 72.4 Å². The number of nitrogens with zero attached hydrogens (tertiary/aromatic N) is 2. The van der Waals surface area contributed by atoms with E-state index in [2.05, 4.69) is 5.32 Å². The van der Waals surface area contributed by atoms with Crippen molar-refractivity contribution in [2.45, 2.75) is 50.8 Å². The number of nitrogens with two attached hydrogens (primary N) is 1. The molecule has 10 heteroatoms. The number of halogens is 2. The lowest BCUT2D eigenvalue weighted by Crippen LogP contribution is -2.60. The van der Waals surface area contributed by atoms with E-state index in [1.807, 2.05) is 30.3 Å². The van der Waals surface area contributed by atoms with Gasteiger partial charge in [-0.3, -0.25) is 14.4 Å². The van der Waals surface area contributed by atoms with Crippen molar-refractivity contribution in [2.24, 2.45) is 11.1 Å². The minimum absolute atomic E-state index is 0.00659. The summed E-state index contributed by atoms with van der Waals surface area (Å²) in [5.41, 5.74) is 5.38. The number of benzene rings is 2. The second-order valence-electron chi connectivity index (χ2n) is 11.2. The number of piperidine rings is 1. The average Bonchev–Trinajstić information content (AvgIpc) is 3.14. The van der Waals surface area contributed by atoms with Gasteiger partial charge in [0.2, 0.25) is 17.7 Å². The molecule has 2 heterocycles. The third-order valence-corrected chi connectivity index (χ3v) is 7.66. The van der Waals surface area contributed by atoms with E-state index in [-0.39, 0.29) is 37.5 Å². The summed E-state index contributed by atoms with van der Waals surface area (Å²) in [7, 11) is 1.78. The molecule has 3 N–H and O–H groups in total. The largest absolute Gasteiger partial charge is 0.374 e. The zero-order chi connectivity index (χ0) is 28.4. The fraction of sp³-hybridized carbons (Fsp3) is 0.483. The van der Waals surface area contributed by atoms with Crippen LogP contribution in [-0.2, 0) is 25.7 Å². The Hall–Kier alpha value is -3.37. The molecule has 2 aromatic carbocycles. The van der Waals surface area contributed by atoms with Crippen LogP contribution in [0, 0.1) is 17.0 Å². The topological polar surface area (TPSA) is 105 Å². The number of ether oxygens (including phenoxy) is 1. The predicted molar refractivity (Wildman–Crippen MR) is 141 cm³/mol. The number of amides is 3. The van der Waals surface area contributed by atoms with Gasteiger partial charge in [0.05, 0.1) is 24.2 Å². The minimum Gasteiger partial charge on any atom is -0.374 e. The molecular formula is C29H36F2N4O4. The van der Waals surface area contributed by atoms with Gasteiger partial charge < -0.3 is 25.6 Å². The Labute approximate surface area is 227 Å². The average molecular weight is 543 g/mol. The standard InChI is InChI=1S/C29H36F2N4O4/c1-28(2,32)26(37)33-24(17-39-16-19-10-11-22(30)23(31)14-19)25(36)35-13-7-12-29(18-35)21(15-34(3)27(29)38)20-8-5-4-6-9-20/h4-6,8-11,14,21,24H,7,12-13,15-18,32H2,1-3H3,(H,33,37)/t21?,24?,29-/m0/s1. The summed E-state index contributed by atoms with van der Waals surface area (Å²) in [6.45, 7) is 3.96. The van der Waals surface area contributed by atoms with Gasteiger partial charge in [0.25, 0.3) is 0 Å². The van der Waals surface area contributed by atoms with Crippen molar-refractivity contribution in [2.75, 3.05) is 33.3 Å². The zero-order valence-corrected chi connectivity index (χ0v) is 22.6. The lowest BCUT2D eigenvalue weighted by Gasteiger charge is -2.43. The maximum Gasteiger partial charge on any atom is 0.247 e. The van der Waals surface area contributed by atoms with Crippen LogP contribution in [0.4, 0.5) is 8.78 Å². The molecule has 3 atom stereocenters. The van der Waals surface area contributed by atoms with Crippen LogP contribution in [0.5, 0.6) is 0 Å². The molecule has 210 valence electrons. The van der Waals surface area contributed by atoms with Crippen molar-refractivity contribution in [1.29, 1.82) is 0 Å². The van der Waals surface area contributed by atoms with E-state index in [9.17, 15) is 23.2 Å². The fourth-order valence-electron chi connectivity index (χ4n) is 5.57. The van der Waals surface area contributed by atoms with Crippen LogP contribution >= 0.6 is 0 Å². The minimum atomic E-state index is -1.25. The molecule has 2 fully saturated rings. The monoisotopic (exact) mass is 542 g/mol. The highest BCUT2D eigenvalue weighted by Crippen LogP contribution is 2.49. The van der Waals surface area contributed by atoms with Crippen molar-refractivity contribution in [3.05, 3.63) is 71.3 Å². The molecule has 2 aliphatic rings. The van der Waals surface area contributed by atoms with Gasteiger partial charge in [-0.05, 0) is 49.9 Å². The molecule has 2 unspecified atom stereocenters. The van der Waals surface area contributed by atoms with Crippen LogP contribution in [0.2, 0.25) is 0 Å². The molecule has 0 aromatic heterocycles. The Morgan fingerprint density at radius 1 is 1.18 bits per heavy atom. The molecule has 8 nitrogen and oxygen atoms in total. The molecule has 2 aromatic rings. The van der Waals surface area contributed by atoms with Gasteiger partial charge in [-0.25, -0.2) is 8.78 Å². The molecule has 39 heavy (non-hydrogen) atoms. The number of nitrogens with one attached hydrogen (secondary N) is 1. The lowest BCUT2D eigenvalue weighted by atomic mass is 9.69. The first-order valence-corrected chi connectivity index (χ1v) is 13.1. The first-order valence-electron chi connectivity index (χ1n) is 13.1. The molecule has 1 spiro atoms. The van der Waals surface area contributed by atoms with Crippen LogP contribution < -0.4 is 11.1 Å². The lowest BCUT2D eigenvalue weighted by molar-refractivity contribution is -0.147. The summed E-state index contributed by atoms with van der Waals surface area (Å²) >= 11 is 0. The van der Waals surface area contributed by atoms with E-state index in [1.165, 1.54) is 19.9 Å². The SMILES string of the molecule is CN1CC(c2ccccc2)[C@@]2(CCCN(C(=O)C(COCc3ccc(F)c(F)c3)NC(=O)C(C)(C)N)C2)C1=O. The summed E-state index contributed by atoms with van der Waals surface area (Å²) in [5, 5.41) is 2.69. The van der Waals surface area contributed by atoms with E-state index in [0.717, 1.165) is 17.7 Å². The molecule has 0 bridgehead atoms. The van der Waals surface area contributed by atoms with Crippen molar-refractivity contribution in [3.8, 4) is 0 Å². The van der Waals surface area contributed by atoms with Gasteiger partial charge in [0.1, 0.15) is 6.04 Å². The highest BCUT2D eigenvalue weighted by atomic mass is 19.2. The summed E-state index contributed by atoms with van der Waals surface area (Å²) < 4.78 is 32.6. The van der Waals surface area contributed by atoms with E-state index >= 15 is 0 Å². The first-order chi connectivity index (χ1) is 18.4. The summed E-state index contributed by atoms with van der Waals surface area (Å²) in [6.07, 6.45) is 1.28. The molecule has 0 saturated carbocycles. The predicted octanol–water partition coefficient (Wildman–Crippen LogP) is 2.57. The Morgan fingerprint density at radius 2 is 1.90 bits per heavy atom. The first kappa shape index (κ1) is 28.6. The van der Waals surface area contributed by atoms with Gasteiger partial charge in [-0.2, -0.15) is 0 Å². The highest BCUT2D eigenvalue weighted by molar-refractivity contribution is 5.92. The number of hydrogen-bond donors (Lipinski definition) is 2. The maximum atomic E-state index is 13.8. The molecule has 2 saturated heterocycles. The number of rotatable bonds is 8. The quantitative estimate of drug-likeness (QED) is 0.534. The van der Waals surface area contributed by atoms with Gasteiger partial charge in [-0.1, -0.05) is 36.4 Å². The fourth-order valence-corrected chi connectivity index (χ4v) is 5.57. The normalized spacial score (nSPS) is 22.3. The van der Waals surface area contributed by atoms with Crippen molar-refractivity contribution < 1.29 is 27.9 Å². The third-order valence-electron chi connectivity index (χ3n) is 7.66. The number of carbonyl (C=O) groups is 3. The van der Waals surface area contributed by atoms with Crippen molar-refractivity contribution in [1.82, 2.24) is 15.1 Å². The van der Waals surface area contributed by atoms with Crippen molar-refractivity contribution >= 4 is 17.7 Å². The molecular weight excluding hydrogens is 506 g/mol. The molecule has 0 radical (unpaired) electrons. The van der Waals surface area contributed by atoms with Gasteiger partial charge in [0.15, 0.2) is 11.6 Å². The van der Waals surface area contributed by atoms with Crippen molar-refractivity contribution in [3.63, 3.8) is 0 Å². The van der Waals surface area contributed by atoms with E-state index in [1.54, 1.807) is 16.8 Å². The highest BCUT2D eigenvalue weighted by Gasteiger charge is 2.55. The van der Waals surface area contributed by atoms with Crippen LogP contribution in [0.15, 0.2) is 48.5 Å². The van der Waals surface area contributed by atoms with Gasteiger partial charge in [-0.15, -0.1) is 0 Å². The Balaban J connectivity index is 1.54. The Bertz CT molecular complexity index is 1220. The van der Waals surface area contributed by atoms with Gasteiger partial charge >= 0.3 is 0 Å². The van der Waals surface area contributed by atoms with Crippen LogP contribution in [0.25, 0.3) is 0 Å². The van der Waals surface area contributed by atoms with Crippen LogP contribution in [0.1, 0.15) is 43.7 Å². The molecule has 0 aliphatic carbocycles. The van der Waals surface area contributed by atoms with E-state index < -0.39 is 34.5 Å². The third kappa shape index (κ3) is 6.12. The summed E-state index contributed by atoms with van der Waals surface area (Å²) in [6, 6.07) is 12.2. The molecule has 4 rings (SSSR count).